The number of aromatic nitrogens is 1. The smallest absolute Gasteiger partial charge is 0.131 e. The zero-order valence-corrected chi connectivity index (χ0v) is 13.1. The first-order valence-electron chi connectivity index (χ1n) is 8.36. The summed E-state index contributed by atoms with van der Waals surface area (Å²) < 4.78 is 0. The van der Waals surface area contributed by atoms with E-state index in [4.69, 9.17) is 0 Å². The molecule has 0 unspecified atom stereocenters. The number of unbranched alkanes of at least 4 members (excludes halogenated alkanes) is 3. The Morgan fingerprint density at radius 2 is 2.14 bits per heavy atom. The van der Waals surface area contributed by atoms with Crippen LogP contribution in [-0.2, 0) is 11.2 Å². The highest BCUT2D eigenvalue weighted by molar-refractivity contribution is 5.86. The van der Waals surface area contributed by atoms with Gasteiger partial charge in [0.25, 0.3) is 0 Å². The number of fused-ring (bicyclic) bond motifs is 3. The lowest BCUT2D eigenvalue weighted by Gasteiger charge is -2.28. The maximum absolute atomic E-state index is 11.4. The van der Waals surface area contributed by atoms with Crippen LogP contribution in [0.1, 0.15) is 56.3 Å². The number of nitrogens with two attached hydrogens (primary N) is 1. The Bertz CT molecular complexity index is 662. The predicted molar refractivity (Wildman–Crippen MR) is 84.2 cm³/mol. The largest absolute Gasteiger partial charge is 0.544 e. The van der Waals surface area contributed by atoms with Crippen LogP contribution < -0.4 is 10.4 Å². The number of benzene rings is 1. The Hall–Kier alpha value is -1.81. The van der Waals surface area contributed by atoms with Gasteiger partial charge in [0.2, 0.25) is 0 Å². The fourth-order valence-electron chi connectivity index (χ4n) is 3.62. The van der Waals surface area contributed by atoms with Gasteiger partial charge in [0.1, 0.15) is 12.1 Å². The molecule has 0 fully saturated rings. The number of aliphatic carboxylic acids is 1. The van der Waals surface area contributed by atoms with Crippen molar-refractivity contribution in [1.29, 1.82) is 0 Å². The van der Waals surface area contributed by atoms with Crippen LogP contribution >= 0.6 is 0 Å². The van der Waals surface area contributed by atoms with E-state index in [9.17, 15) is 9.90 Å². The van der Waals surface area contributed by atoms with Crippen LogP contribution in [0.2, 0.25) is 0 Å². The molecule has 0 amide bonds. The van der Waals surface area contributed by atoms with Crippen LogP contribution in [0.25, 0.3) is 10.9 Å². The molecule has 22 heavy (non-hydrogen) atoms. The van der Waals surface area contributed by atoms with Crippen molar-refractivity contribution < 1.29 is 15.2 Å². The first kappa shape index (κ1) is 15.1. The zero-order valence-electron chi connectivity index (χ0n) is 13.1. The number of para-hydroxylation sites is 1. The van der Waals surface area contributed by atoms with Crippen molar-refractivity contribution in [2.24, 2.45) is 0 Å². The Morgan fingerprint density at radius 3 is 2.91 bits per heavy atom. The molecule has 1 aliphatic rings. The van der Waals surface area contributed by atoms with Crippen LogP contribution in [0.15, 0.2) is 24.3 Å². The number of hydrogen-bond donors (Lipinski definition) is 2. The Labute approximate surface area is 130 Å². The molecule has 2 heterocycles. The lowest BCUT2D eigenvalue weighted by atomic mass is 9.91. The first-order valence-corrected chi connectivity index (χ1v) is 8.36. The number of carboxylic acid groups (broad SMARTS) is 1. The third kappa shape index (κ3) is 2.88. The van der Waals surface area contributed by atoms with E-state index in [2.05, 4.69) is 24.0 Å². The van der Waals surface area contributed by atoms with Crippen LogP contribution in [-0.4, -0.2) is 17.0 Å². The maximum atomic E-state index is 11.4. The monoisotopic (exact) mass is 300 g/mol. The van der Waals surface area contributed by atoms with Crippen molar-refractivity contribution in [3.63, 3.8) is 0 Å². The lowest BCUT2D eigenvalue weighted by Crippen LogP contribution is -2.95. The van der Waals surface area contributed by atoms with E-state index in [1.807, 2.05) is 17.4 Å². The summed E-state index contributed by atoms with van der Waals surface area (Å²) in [5.74, 6) is -0.950. The summed E-state index contributed by atoms with van der Waals surface area (Å²) >= 11 is 0. The van der Waals surface area contributed by atoms with Crippen LogP contribution in [0.4, 0.5) is 0 Å². The molecule has 3 rings (SSSR count). The van der Waals surface area contributed by atoms with Gasteiger partial charge in [-0.3, -0.25) is 0 Å². The number of quaternary nitrogens is 1. The van der Waals surface area contributed by atoms with Gasteiger partial charge in [-0.1, -0.05) is 44.4 Å². The summed E-state index contributed by atoms with van der Waals surface area (Å²) in [6, 6.07) is 7.91. The molecule has 0 aliphatic carbocycles. The molecule has 0 bridgehead atoms. The second-order valence-electron chi connectivity index (χ2n) is 6.34. The summed E-state index contributed by atoms with van der Waals surface area (Å²) in [7, 11) is 0. The molecule has 4 nitrogen and oxygen atoms in total. The molecule has 1 aromatic heterocycles. The normalized spacial score (nSPS) is 21.0. The van der Waals surface area contributed by atoms with E-state index in [1.165, 1.54) is 30.5 Å². The van der Waals surface area contributed by atoms with Crippen molar-refractivity contribution in [1.82, 2.24) is 4.98 Å². The van der Waals surface area contributed by atoms with Gasteiger partial charge in [-0.15, -0.1) is 0 Å². The van der Waals surface area contributed by atoms with E-state index >= 15 is 0 Å². The highest BCUT2D eigenvalue weighted by atomic mass is 16.4. The van der Waals surface area contributed by atoms with Crippen LogP contribution in [0, 0.1) is 0 Å². The third-order valence-corrected chi connectivity index (χ3v) is 4.78. The molecule has 2 atom stereocenters. The van der Waals surface area contributed by atoms with E-state index in [0.29, 0.717) is 6.42 Å². The van der Waals surface area contributed by atoms with E-state index in [0.717, 1.165) is 23.7 Å². The van der Waals surface area contributed by atoms with Crippen molar-refractivity contribution >= 4 is 16.9 Å². The molecule has 1 aliphatic heterocycles. The summed E-state index contributed by atoms with van der Waals surface area (Å²) in [6.07, 6.45) is 6.39. The number of aromatic amines is 1. The van der Waals surface area contributed by atoms with Gasteiger partial charge in [-0.05, 0) is 18.1 Å². The number of carbonyl (C=O) groups is 1. The molecule has 3 N–H and O–H groups in total. The molecule has 118 valence electrons. The number of hydrogen-bond acceptors (Lipinski definition) is 2. The van der Waals surface area contributed by atoms with E-state index < -0.39 is 12.0 Å². The zero-order chi connectivity index (χ0) is 15.5. The van der Waals surface area contributed by atoms with Crippen molar-refractivity contribution in [3.05, 3.63) is 35.5 Å². The highest BCUT2D eigenvalue weighted by Gasteiger charge is 2.33. The standard InChI is InChI=1S/C18H24N2O2/c1-2-3-4-5-10-15-17-13(11-16(19-15)18(21)22)12-8-6-7-9-14(12)20-17/h6-9,15-16,19-20H,2-5,10-11H2,1H3,(H,21,22)/t15-,16-/m1/s1. The average Bonchev–Trinajstić information content (AvgIpc) is 2.90. The first-order chi connectivity index (χ1) is 10.7. The molecule has 0 radical (unpaired) electrons. The van der Waals surface area contributed by atoms with Gasteiger partial charge in [0, 0.05) is 23.7 Å². The molecule has 2 aromatic rings. The second-order valence-corrected chi connectivity index (χ2v) is 6.34. The van der Waals surface area contributed by atoms with E-state index in [-0.39, 0.29) is 6.04 Å². The number of H-pyrrole nitrogens is 1. The minimum Gasteiger partial charge on any atom is -0.544 e. The molecule has 4 heteroatoms. The van der Waals surface area contributed by atoms with Gasteiger partial charge in [-0.25, -0.2) is 0 Å². The summed E-state index contributed by atoms with van der Waals surface area (Å²) in [5.41, 5.74) is 3.50. The SMILES string of the molecule is CCCCCC[C@H]1[NH2+][C@@H](C(=O)[O-])Cc2c1[nH]c1ccccc21. The van der Waals surface area contributed by atoms with Gasteiger partial charge in [-0.2, -0.15) is 0 Å². The Morgan fingerprint density at radius 1 is 1.32 bits per heavy atom. The van der Waals surface area contributed by atoms with Gasteiger partial charge in [0.05, 0.1) is 11.7 Å². The minimum atomic E-state index is -0.950. The minimum absolute atomic E-state index is 0.205. The van der Waals surface area contributed by atoms with Gasteiger partial charge < -0.3 is 20.2 Å². The van der Waals surface area contributed by atoms with Gasteiger partial charge in [0.15, 0.2) is 0 Å². The average molecular weight is 300 g/mol. The highest BCUT2D eigenvalue weighted by Crippen LogP contribution is 2.30. The number of rotatable bonds is 6. The summed E-state index contributed by atoms with van der Waals surface area (Å²) in [4.78, 5) is 14.9. The lowest BCUT2D eigenvalue weighted by molar-refractivity contribution is -0.726. The maximum Gasteiger partial charge on any atom is 0.131 e. The van der Waals surface area contributed by atoms with Crippen LogP contribution in [0.5, 0.6) is 0 Å². The molecule has 0 saturated carbocycles. The van der Waals surface area contributed by atoms with Crippen molar-refractivity contribution in [3.8, 4) is 0 Å². The van der Waals surface area contributed by atoms with Crippen LogP contribution in [0.3, 0.4) is 0 Å². The number of carboxylic acids is 1. The Balaban J connectivity index is 1.88. The third-order valence-electron chi connectivity index (χ3n) is 4.78. The Kier molecular flexibility index (Phi) is 4.48. The van der Waals surface area contributed by atoms with Gasteiger partial charge >= 0.3 is 0 Å². The predicted octanol–water partition coefficient (Wildman–Crippen LogP) is 1.42. The molecule has 0 spiro atoms. The molecular weight excluding hydrogens is 276 g/mol. The van der Waals surface area contributed by atoms with Crippen molar-refractivity contribution in [2.75, 3.05) is 0 Å². The molecule has 0 saturated heterocycles. The summed E-state index contributed by atoms with van der Waals surface area (Å²) in [6.45, 7) is 2.20. The fraction of sp³-hybridized carbons (Fsp3) is 0.500. The topological polar surface area (TPSA) is 72.5 Å². The summed E-state index contributed by atoms with van der Waals surface area (Å²) in [5, 5.41) is 14.5. The van der Waals surface area contributed by atoms with E-state index in [1.54, 1.807) is 0 Å². The number of nitrogens with one attached hydrogen (secondary N) is 1. The van der Waals surface area contributed by atoms with Crippen molar-refractivity contribution in [2.45, 2.75) is 57.5 Å². The molecule has 1 aromatic carbocycles. The molecular formula is C18H24N2O2. The fourth-order valence-corrected chi connectivity index (χ4v) is 3.62. The second kappa shape index (κ2) is 6.53. The quantitative estimate of drug-likeness (QED) is 0.792. The number of carbonyl (C=O) groups excluding carboxylic acids is 1.